The van der Waals surface area contributed by atoms with Gasteiger partial charge in [0.15, 0.2) is 0 Å². The number of amides is 1. The van der Waals surface area contributed by atoms with E-state index in [1.165, 1.54) is 5.56 Å². The van der Waals surface area contributed by atoms with E-state index in [4.69, 9.17) is 4.74 Å². The summed E-state index contributed by atoms with van der Waals surface area (Å²) in [5.74, 6) is 0.893. The average Bonchev–Trinajstić information content (AvgIpc) is 2.66. The number of fused-ring (bicyclic) bond motifs is 1. The lowest BCUT2D eigenvalue weighted by Crippen LogP contribution is -2.40. The molecule has 0 aliphatic carbocycles. The quantitative estimate of drug-likeness (QED) is 0.838. The van der Waals surface area contributed by atoms with Crippen LogP contribution in [0, 0.1) is 11.3 Å². The summed E-state index contributed by atoms with van der Waals surface area (Å²) in [7, 11) is 1.58. The number of hydrogen-bond donors (Lipinski definition) is 0. The summed E-state index contributed by atoms with van der Waals surface area (Å²) < 4.78 is 5.14. The van der Waals surface area contributed by atoms with Crippen LogP contribution in [0.1, 0.15) is 41.3 Å². The minimum absolute atomic E-state index is 0.197. The fourth-order valence-corrected chi connectivity index (χ4v) is 2.92. The third kappa shape index (κ3) is 3.14. The fraction of sp³-hybridized carbons (Fsp3) is 0.238. The van der Waals surface area contributed by atoms with E-state index >= 15 is 0 Å². The highest BCUT2D eigenvalue weighted by atomic mass is 16.5. The lowest BCUT2D eigenvalue weighted by molar-refractivity contribution is 0.0985. The molecule has 1 unspecified atom stereocenters. The number of ether oxygens (including phenoxy) is 1. The Morgan fingerprint density at radius 1 is 1.20 bits per heavy atom. The van der Waals surface area contributed by atoms with E-state index in [-0.39, 0.29) is 5.91 Å². The van der Waals surface area contributed by atoms with Crippen LogP contribution in [-0.2, 0) is 0 Å². The molecule has 1 amide bonds. The fourth-order valence-electron chi connectivity index (χ4n) is 2.92. The molecule has 0 aromatic heterocycles. The highest BCUT2D eigenvalue weighted by molar-refractivity contribution is 6.09. The van der Waals surface area contributed by atoms with Crippen molar-refractivity contribution < 1.29 is 9.53 Å². The third-order valence-electron chi connectivity index (χ3n) is 4.40. The van der Waals surface area contributed by atoms with Gasteiger partial charge in [-0.25, -0.2) is 0 Å². The first-order valence-electron chi connectivity index (χ1n) is 8.24. The number of carbonyl (C=O) groups is 1. The van der Waals surface area contributed by atoms with Gasteiger partial charge in [-0.05, 0) is 59.5 Å². The summed E-state index contributed by atoms with van der Waals surface area (Å²) in [5.41, 5.74) is 3.45. The van der Waals surface area contributed by atoms with E-state index in [9.17, 15) is 10.1 Å². The maximum absolute atomic E-state index is 13.1. The Bertz CT molecular complexity index is 860. The number of rotatable bonds is 3. The Morgan fingerprint density at radius 3 is 2.52 bits per heavy atom. The van der Waals surface area contributed by atoms with Crippen LogP contribution in [0.25, 0.3) is 6.08 Å². The highest BCUT2D eigenvalue weighted by Crippen LogP contribution is 2.33. The summed E-state index contributed by atoms with van der Waals surface area (Å²) in [5, 5.41) is 9.49. The minimum Gasteiger partial charge on any atom is -0.497 e. The SMILES string of the molecule is COc1ccc(C(=O)N2c3ccc(C(C)C)cc3C=CC2C#N)cc1. The third-order valence-corrected chi connectivity index (χ3v) is 4.40. The molecule has 0 radical (unpaired) electrons. The van der Waals surface area contributed by atoms with Crippen LogP contribution in [0.2, 0.25) is 0 Å². The Morgan fingerprint density at radius 2 is 1.92 bits per heavy atom. The van der Waals surface area contributed by atoms with Crippen LogP contribution in [-0.4, -0.2) is 19.1 Å². The molecule has 1 atom stereocenters. The molecular weight excluding hydrogens is 312 g/mol. The number of hydrogen-bond acceptors (Lipinski definition) is 3. The van der Waals surface area contributed by atoms with Gasteiger partial charge in [0, 0.05) is 5.56 Å². The molecule has 3 rings (SSSR count). The first kappa shape index (κ1) is 16.8. The monoisotopic (exact) mass is 332 g/mol. The molecule has 0 spiro atoms. The van der Waals surface area contributed by atoms with Crippen molar-refractivity contribution in [2.24, 2.45) is 0 Å². The minimum atomic E-state index is -0.619. The van der Waals surface area contributed by atoms with Crippen LogP contribution in [0.3, 0.4) is 0 Å². The smallest absolute Gasteiger partial charge is 0.259 e. The molecular formula is C21H20N2O2. The number of carbonyl (C=O) groups excluding carboxylic acids is 1. The second-order valence-corrected chi connectivity index (χ2v) is 6.31. The van der Waals surface area contributed by atoms with Gasteiger partial charge in [-0.3, -0.25) is 9.69 Å². The van der Waals surface area contributed by atoms with Gasteiger partial charge in [-0.1, -0.05) is 26.0 Å². The van der Waals surface area contributed by atoms with E-state index in [0.29, 0.717) is 17.2 Å². The number of nitrogens with zero attached hydrogens (tertiary/aromatic N) is 2. The molecule has 0 N–H and O–H groups in total. The molecule has 2 aromatic rings. The number of nitriles is 1. The summed E-state index contributed by atoms with van der Waals surface area (Å²) >= 11 is 0. The van der Waals surface area contributed by atoms with Crippen LogP contribution >= 0.6 is 0 Å². The number of methoxy groups -OCH3 is 1. The Hall–Kier alpha value is -3.06. The van der Waals surface area contributed by atoms with Crippen molar-refractivity contribution in [1.82, 2.24) is 0 Å². The molecule has 1 aliphatic heterocycles. The largest absolute Gasteiger partial charge is 0.497 e. The van der Waals surface area contributed by atoms with Crippen LogP contribution in [0.5, 0.6) is 5.75 Å². The zero-order valence-electron chi connectivity index (χ0n) is 14.6. The summed E-state index contributed by atoms with van der Waals surface area (Å²) in [6.07, 6.45) is 3.70. The molecule has 1 aliphatic rings. The van der Waals surface area contributed by atoms with Crippen molar-refractivity contribution >= 4 is 17.7 Å². The molecule has 126 valence electrons. The van der Waals surface area contributed by atoms with Crippen molar-refractivity contribution in [2.45, 2.75) is 25.8 Å². The first-order valence-corrected chi connectivity index (χ1v) is 8.24. The van der Waals surface area contributed by atoms with Gasteiger partial charge in [0.2, 0.25) is 0 Å². The van der Waals surface area contributed by atoms with Gasteiger partial charge in [0.1, 0.15) is 11.8 Å². The van der Waals surface area contributed by atoms with Gasteiger partial charge < -0.3 is 4.74 Å². The van der Waals surface area contributed by atoms with Crippen molar-refractivity contribution in [3.63, 3.8) is 0 Å². The lowest BCUT2D eigenvalue weighted by atomic mass is 9.95. The van der Waals surface area contributed by atoms with Gasteiger partial charge >= 0.3 is 0 Å². The average molecular weight is 332 g/mol. The van der Waals surface area contributed by atoms with Crippen molar-refractivity contribution in [2.75, 3.05) is 12.0 Å². The van der Waals surface area contributed by atoms with E-state index in [1.807, 2.05) is 18.2 Å². The van der Waals surface area contributed by atoms with E-state index in [1.54, 1.807) is 42.4 Å². The van der Waals surface area contributed by atoms with Crippen LogP contribution in [0.15, 0.2) is 48.5 Å². The summed E-state index contributed by atoms with van der Waals surface area (Å²) in [6, 6.07) is 14.5. The van der Waals surface area contributed by atoms with Gasteiger partial charge in [0.05, 0.1) is 18.9 Å². The van der Waals surface area contributed by atoms with E-state index < -0.39 is 6.04 Å². The molecule has 1 heterocycles. The zero-order chi connectivity index (χ0) is 18.0. The van der Waals surface area contributed by atoms with Crippen molar-refractivity contribution in [3.05, 3.63) is 65.2 Å². The van der Waals surface area contributed by atoms with Crippen molar-refractivity contribution in [3.8, 4) is 11.8 Å². The predicted molar refractivity (Wildman–Crippen MR) is 98.8 cm³/mol. The Kier molecular flexibility index (Phi) is 4.58. The van der Waals surface area contributed by atoms with Gasteiger partial charge in [-0.2, -0.15) is 5.26 Å². The molecule has 0 saturated carbocycles. The molecule has 25 heavy (non-hydrogen) atoms. The summed E-state index contributed by atoms with van der Waals surface area (Å²) in [4.78, 5) is 14.6. The topological polar surface area (TPSA) is 53.3 Å². The van der Waals surface area contributed by atoms with Crippen molar-refractivity contribution in [1.29, 1.82) is 5.26 Å². The molecule has 0 saturated heterocycles. The second-order valence-electron chi connectivity index (χ2n) is 6.31. The summed E-state index contributed by atoms with van der Waals surface area (Å²) in [6.45, 7) is 4.26. The molecule has 4 heteroatoms. The maximum Gasteiger partial charge on any atom is 0.259 e. The van der Waals surface area contributed by atoms with E-state index in [2.05, 4.69) is 26.0 Å². The lowest BCUT2D eigenvalue weighted by Gasteiger charge is -2.30. The standard InChI is InChI=1S/C21H20N2O2/c1-14(2)16-7-11-20-17(12-16)4-8-18(13-22)23(20)21(24)15-5-9-19(25-3)10-6-15/h4-12,14,18H,1-3H3. The first-order chi connectivity index (χ1) is 12.0. The number of benzene rings is 2. The maximum atomic E-state index is 13.1. The van der Waals surface area contributed by atoms with Crippen LogP contribution < -0.4 is 9.64 Å². The molecule has 0 bridgehead atoms. The highest BCUT2D eigenvalue weighted by Gasteiger charge is 2.29. The molecule has 4 nitrogen and oxygen atoms in total. The van der Waals surface area contributed by atoms with Gasteiger partial charge in [-0.15, -0.1) is 0 Å². The Labute approximate surface area is 148 Å². The predicted octanol–water partition coefficient (Wildman–Crippen LogP) is 4.38. The normalized spacial score (nSPS) is 15.6. The second kappa shape index (κ2) is 6.82. The molecule has 2 aromatic carbocycles. The van der Waals surface area contributed by atoms with Crippen LogP contribution in [0.4, 0.5) is 5.69 Å². The zero-order valence-corrected chi connectivity index (χ0v) is 14.6. The van der Waals surface area contributed by atoms with Gasteiger partial charge in [0.25, 0.3) is 5.91 Å². The Balaban J connectivity index is 2.03. The van der Waals surface area contributed by atoms with E-state index in [0.717, 1.165) is 11.3 Å². The molecule has 0 fully saturated rings. The number of anilines is 1.